The van der Waals surface area contributed by atoms with E-state index in [9.17, 15) is 9.59 Å². The number of hydrogen-bond acceptors (Lipinski definition) is 6. The number of amides is 1. The maximum Gasteiger partial charge on any atom is 0.279 e. The number of aromatic nitrogens is 3. The summed E-state index contributed by atoms with van der Waals surface area (Å²) >= 11 is 1.57. The fourth-order valence-electron chi connectivity index (χ4n) is 4.15. The summed E-state index contributed by atoms with van der Waals surface area (Å²) in [5, 5.41) is 11.7. The lowest BCUT2D eigenvalue weighted by Gasteiger charge is -2.33. The number of rotatable bonds is 5. The third-order valence-corrected chi connectivity index (χ3v) is 7.06. The number of ether oxygens (including phenoxy) is 1. The zero-order valence-electron chi connectivity index (χ0n) is 18.4. The third kappa shape index (κ3) is 4.35. The van der Waals surface area contributed by atoms with Gasteiger partial charge in [-0.3, -0.25) is 9.59 Å². The van der Waals surface area contributed by atoms with Crippen molar-refractivity contribution in [1.29, 1.82) is 0 Å². The highest BCUT2D eigenvalue weighted by atomic mass is 32.1. The summed E-state index contributed by atoms with van der Waals surface area (Å²) < 4.78 is 6.70. The Morgan fingerprint density at radius 2 is 2.10 bits per heavy atom. The first-order chi connectivity index (χ1) is 14.8. The number of fused-ring (bicyclic) bond motifs is 3. The van der Waals surface area contributed by atoms with Gasteiger partial charge in [0.1, 0.15) is 12.3 Å². The fraction of sp³-hybridized carbons (Fsp3) is 0.478. The quantitative estimate of drug-likeness (QED) is 0.647. The summed E-state index contributed by atoms with van der Waals surface area (Å²) in [4.78, 5) is 27.7. The normalized spacial score (nSPS) is 16.2. The van der Waals surface area contributed by atoms with Gasteiger partial charge >= 0.3 is 0 Å². The van der Waals surface area contributed by atoms with E-state index in [0.29, 0.717) is 34.2 Å². The molecule has 1 aliphatic rings. The van der Waals surface area contributed by atoms with Crippen LogP contribution >= 0.6 is 11.3 Å². The van der Waals surface area contributed by atoms with Crippen LogP contribution < -0.4 is 15.6 Å². The van der Waals surface area contributed by atoms with Crippen LogP contribution in [0.4, 0.5) is 5.69 Å². The van der Waals surface area contributed by atoms with Crippen LogP contribution in [-0.4, -0.2) is 27.5 Å². The fourth-order valence-corrected chi connectivity index (χ4v) is 5.38. The van der Waals surface area contributed by atoms with Crippen LogP contribution in [0.3, 0.4) is 0 Å². The molecule has 7 nitrogen and oxygen atoms in total. The molecule has 1 aromatic carbocycles. The smallest absolute Gasteiger partial charge is 0.279 e. The van der Waals surface area contributed by atoms with Gasteiger partial charge in [-0.1, -0.05) is 38.1 Å². The van der Waals surface area contributed by atoms with Crippen molar-refractivity contribution in [3.05, 3.63) is 45.1 Å². The second-order valence-corrected chi connectivity index (χ2v) is 10.1. The van der Waals surface area contributed by atoms with E-state index < -0.39 is 0 Å². The van der Waals surface area contributed by atoms with E-state index in [1.54, 1.807) is 23.5 Å². The summed E-state index contributed by atoms with van der Waals surface area (Å²) in [5.74, 6) is 0.826. The minimum Gasteiger partial charge on any atom is -0.492 e. The molecule has 1 amide bonds. The first kappa shape index (κ1) is 21.5. The molecule has 3 aromatic rings. The predicted octanol–water partition coefficient (Wildman–Crippen LogP) is 4.04. The van der Waals surface area contributed by atoms with E-state index in [-0.39, 0.29) is 23.4 Å². The number of thiophene rings is 1. The number of nitrogens with one attached hydrogen (secondary N) is 1. The molecule has 8 heteroatoms. The highest BCUT2D eigenvalue weighted by Gasteiger charge is 2.32. The Kier molecular flexibility index (Phi) is 5.83. The minimum absolute atomic E-state index is 0.197. The van der Waals surface area contributed by atoms with Gasteiger partial charge in [0.25, 0.3) is 5.56 Å². The summed E-state index contributed by atoms with van der Waals surface area (Å²) in [7, 11) is 0. The molecule has 0 unspecified atom stereocenters. The van der Waals surface area contributed by atoms with Gasteiger partial charge in [0.15, 0.2) is 4.83 Å². The van der Waals surface area contributed by atoms with E-state index in [1.165, 1.54) is 4.88 Å². The molecule has 0 saturated carbocycles. The van der Waals surface area contributed by atoms with Crippen molar-refractivity contribution in [2.45, 2.75) is 53.5 Å². The van der Waals surface area contributed by atoms with Gasteiger partial charge in [-0.05, 0) is 55.2 Å². The average molecular weight is 441 g/mol. The van der Waals surface area contributed by atoms with Crippen LogP contribution in [0, 0.1) is 11.3 Å². The average Bonchev–Trinajstić information content (AvgIpc) is 3.09. The molecule has 2 heterocycles. The molecular formula is C23H28N4O3S. The Morgan fingerprint density at radius 1 is 1.32 bits per heavy atom. The number of carbonyl (C=O) groups excluding carboxylic acids is 1. The minimum atomic E-state index is -0.347. The van der Waals surface area contributed by atoms with Crippen LogP contribution in [0.1, 0.15) is 44.6 Å². The van der Waals surface area contributed by atoms with Gasteiger partial charge in [-0.15, -0.1) is 16.4 Å². The highest BCUT2D eigenvalue weighted by molar-refractivity contribution is 7.18. The number of para-hydroxylation sites is 2. The molecule has 0 spiro atoms. The van der Waals surface area contributed by atoms with Crippen molar-refractivity contribution in [2.75, 3.05) is 11.9 Å². The van der Waals surface area contributed by atoms with Crippen molar-refractivity contribution in [3.63, 3.8) is 0 Å². The van der Waals surface area contributed by atoms with E-state index in [0.717, 1.165) is 29.5 Å². The van der Waals surface area contributed by atoms with E-state index in [4.69, 9.17) is 4.74 Å². The number of anilines is 1. The van der Waals surface area contributed by atoms with Gasteiger partial charge in [-0.25, -0.2) is 4.68 Å². The van der Waals surface area contributed by atoms with Crippen molar-refractivity contribution < 1.29 is 9.53 Å². The summed E-state index contributed by atoms with van der Waals surface area (Å²) in [6, 6.07) is 7.22. The standard InChI is InChI=1S/C23H28N4O3S/c1-5-30-17-9-7-6-8-16(17)24-19(28)13-27-22(29)20-15-11-10-14(23(2,3)4)12-18(15)31-21(20)25-26-27/h6-9,14H,5,10-13H2,1-4H3,(H,24,28)/t14-/m0/s1. The SMILES string of the molecule is CCOc1ccccc1NC(=O)Cn1nnc2sc3c(c2c1=O)CC[C@H](C(C)(C)C)C3. The third-order valence-electron chi connectivity index (χ3n) is 5.92. The van der Waals surface area contributed by atoms with Crippen LogP contribution in [0.5, 0.6) is 5.75 Å². The summed E-state index contributed by atoms with van der Waals surface area (Å²) in [6.07, 6.45) is 2.89. The number of benzene rings is 1. The number of nitrogens with zero attached hydrogens (tertiary/aromatic N) is 3. The maximum absolute atomic E-state index is 13.2. The van der Waals surface area contributed by atoms with Gasteiger partial charge in [0.05, 0.1) is 17.7 Å². The van der Waals surface area contributed by atoms with Crippen LogP contribution in [0.15, 0.2) is 29.1 Å². The van der Waals surface area contributed by atoms with E-state index >= 15 is 0 Å². The molecule has 4 rings (SSSR count). The monoisotopic (exact) mass is 440 g/mol. The number of aryl methyl sites for hydroxylation is 1. The molecular weight excluding hydrogens is 412 g/mol. The molecule has 0 fully saturated rings. The lowest BCUT2D eigenvalue weighted by Crippen LogP contribution is -2.31. The van der Waals surface area contributed by atoms with Gasteiger partial charge in [-0.2, -0.15) is 0 Å². The molecule has 0 aliphatic heterocycles. The summed E-state index contributed by atoms with van der Waals surface area (Å²) in [5.41, 5.74) is 1.65. The van der Waals surface area contributed by atoms with Gasteiger partial charge in [0, 0.05) is 4.88 Å². The van der Waals surface area contributed by atoms with E-state index in [1.807, 2.05) is 19.1 Å². The summed E-state index contributed by atoms with van der Waals surface area (Å²) in [6.45, 7) is 8.99. The Labute approximate surface area is 185 Å². The Hall–Kier alpha value is -2.74. The molecule has 1 atom stereocenters. The molecule has 31 heavy (non-hydrogen) atoms. The maximum atomic E-state index is 13.2. The van der Waals surface area contributed by atoms with Crippen LogP contribution in [0.25, 0.3) is 10.2 Å². The van der Waals surface area contributed by atoms with Crippen LogP contribution in [0.2, 0.25) is 0 Å². The first-order valence-electron chi connectivity index (χ1n) is 10.7. The van der Waals surface area contributed by atoms with Crippen molar-refractivity contribution >= 4 is 33.1 Å². The number of hydrogen-bond donors (Lipinski definition) is 1. The second kappa shape index (κ2) is 8.42. The molecule has 164 valence electrons. The molecule has 0 radical (unpaired) electrons. The van der Waals surface area contributed by atoms with Crippen molar-refractivity contribution in [3.8, 4) is 5.75 Å². The molecule has 0 saturated heterocycles. The Morgan fingerprint density at radius 3 is 2.84 bits per heavy atom. The largest absolute Gasteiger partial charge is 0.492 e. The highest BCUT2D eigenvalue weighted by Crippen LogP contribution is 2.41. The molecule has 2 aromatic heterocycles. The topological polar surface area (TPSA) is 86.1 Å². The molecule has 1 N–H and O–H groups in total. The molecule has 0 bridgehead atoms. The first-order valence-corrected chi connectivity index (χ1v) is 11.5. The Bertz CT molecular complexity index is 1180. The van der Waals surface area contributed by atoms with Crippen molar-refractivity contribution in [2.24, 2.45) is 11.3 Å². The lowest BCUT2D eigenvalue weighted by molar-refractivity contribution is -0.117. The van der Waals surface area contributed by atoms with Gasteiger partial charge < -0.3 is 10.1 Å². The second-order valence-electron chi connectivity index (χ2n) is 9.02. The predicted molar refractivity (Wildman–Crippen MR) is 123 cm³/mol. The van der Waals surface area contributed by atoms with Crippen LogP contribution in [-0.2, 0) is 24.2 Å². The Balaban J connectivity index is 1.58. The van der Waals surface area contributed by atoms with Gasteiger partial charge in [0.2, 0.25) is 5.91 Å². The lowest BCUT2D eigenvalue weighted by atomic mass is 9.72. The molecule has 1 aliphatic carbocycles. The zero-order chi connectivity index (χ0) is 22.2. The zero-order valence-corrected chi connectivity index (χ0v) is 19.2. The number of carbonyl (C=O) groups is 1. The van der Waals surface area contributed by atoms with Crippen molar-refractivity contribution in [1.82, 2.24) is 15.0 Å². The van der Waals surface area contributed by atoms with E-state index in [2.05, 4.69) is 36.4 Å².